The van der Waals surface area contributed by atoms with Gasteiger partial charge in [-0.15, -0.1) is 0 Å². The van der Waals surface area contributed by atoms with Gasteiger partial charge in [0.25, 0.3) is 0 Å². The monoisotopic (exact) mass is 779 g/mol. The number of carbonyl (C=O) groups excluding carboxylic acids is 3. The summed E-state index contributed by atoms with van der Waals surface area (Å²) in [7, 11) is 0. The van der Waals surface area contributed by atoms with Crippen molar-refractivity contribution in [1.29, 1.82) is 0 Å². The highest BCUT2D eigenvalue weighted by atomic mass is 16.5. The van der Waals surface area contributed by atoms with Crippen LogP contribution in [0.25, 0.3) is 0 Å². The van der Waals surface area contributed by atoms with E-state index in [9.17, 15) is 14.4 Å². The molecule has 0 saturated carbocycles. The van der Waals surface area contributed by atoms with Gasteiger partial charge in [0.05, 0.1) is 26.4 Å². The zero-order valence-corrected chi connectivity index (χ0v) is 35.5. The van der Waals surface area contributed by atoms with Crippen LogP contribution in [0.4, 0.5) is 0 Å². The molecule has 0 aliphatic heterocycles. The molecule has 0 aromatic heterocycles. The number of carbonyl (C=O) groups is 3. The van der Waals surface area contributed by atoms with Gasteiger partial charge in [0.15, 0.2) is 0 Å². The van der Waals surface area contributed by atoms with Gasteiger partial charge >= 0.3 is 11.9 Å². The zero-order valence-electron chi connectivity index (χ0n) is 35.5. The Morgan fingerprint density at radius 3 is 1.21 bits per heavy atom. The molecule has 1 aromatic carbocycles. The summed E-state index contributed by atoms with van der Waals surface area (Å²) in [6.45, 7) is 5.76. The maximum absolute atomic E-state index is 12.1. The number of unbranched alkanes of at least 4 members (excludes halogenated alkanes) is 16. The molecule has 0 radical (unpaired) electrons. The molecule has 0 aliphatic carbocycles. The molecule has 0 saturated heterocycles. The lowest BCUT2D eigenvalue weighted by atomic mass is 10.1. The largest absolute Gasteiger partial charge is 0.493 e. The molecule has 0 fully saturated rings. The third kappa shape index (κ3) is 33.7. The van der Waals surface area contributed by atoms with Gasteiger partial charge in [0, 0.05) is 37.3 Å². The van der Waals surface area contributed by atoms with Gasteiger partial charge in [-0.1, -0.05) is 127 Å². The summed E-state index contributed by atoms with van der Waals surface area (Å²) in [5.41, 5.74) is 0.449. The Kier molecular flexibility index (Phi) is 35.7. The van der Waals surface area contributed by atoms with Crippen LogP contribution in [-0.4, -0.2) is 44.7 Å². The molecule has 316 valence electrons. The second-order valence-corrected chi connectivity index (χ2v) is 14.7. The fourth-order valence-electron chi connectivity index (χ4n) is 6.00. The molecule has 1 aromatic rings. The summed E-state index contributed by atoms with van der Waals surface area (Å²) in [5, 5.41) is 0. The van der Waals surface area contributed by atoms with Gasteiger partial charge < -0.3 is 18.9 Å². The van der Waals surface area contributed by atoms with Crippen LogP contribution in [0.2, 0.25) is 0 Å². The van der Waals surface area contributed by atoms with E-state index in [1.807, 2.05) is 0 Å². The molecule has 0 unspecified atom stereocenters. The Balaban J connectivity index is 2.04. The maximum Gasteiger partial charge on any atom is 0.305 e. The predicted octanol–water partition coefficient (Wildman–Crippen LogP) is 13.8. The number of rotatable bonds is 39. The third-order valence-corrected chi connectivity index (χ3v) is 9.34. The van der Waals surface area contributed by atoms with Crippen LogP contribution < -0.4 is 9.47 Å². The quantitative estimate of drug-likeness (QED) is 0.0284. The molecular formula is C49H78O7. The highest BCUT2D eigenvalue weighted by Gasteiger charge is 2.07. The van der Waals surface area contributed by atoms with E-state index >= 15 is 0 Å². The lowest BCUT2D eigenvalue weighted by Gasteiger charge is -2.11. The van der Waals surface area contributed by atoms with E-state index in [0.717, 1.165) is 70.5 Å². The van der Waals surface area contributed by atoms with Crippen molar-refractivity contribution in [2.75, 3.05) is 26.4 Å². The van der Waals surface area contributed by atoms with Gasteiger partial charge in [-0.05, 0) is 89.2 Å². The highest BCUT2D eigenvalue weighted by Crippen LogP contribution is 2.23. The minimum absolute atomic E-state index is 0.165. The minimum Gasteiger partial charge on any atom is -0.493 e. The van der Waals surface area contributed by atoms with E-state index < -0.39 is 0 Å². The van der Waals surface area contributed by atoms with Crippen LogP contribution in [0.15, 0.2) is 66.8 Å². The van der Waals surface area contributed by atoms with E-state index in [4.69, 9.17) is 18.9 Å². The number of hydrogen-bond donors (Lipinski definition) is 0. The smallest absolute Gasteiger partial charge is 0.305 e. The molecule has 0 heterocycles. The van der Waals surface area contributed by atoms with Gasteiger partial charge in [0.1, 0.15) is 17.8 Å². The number of benzene rings is 1. The number of aldehydes is 1. The van der Waals surface area contributed by atoms with Gasteiger partial charge in [-0.2, -0.15) is 0 Å². The first-order valence-electron chi connectivity index (χ1n) is 22.4. The van der Waals surface area contributed by atoms with Crippen molar-refractivity contribution in [3.05, 3.63) is 72.4 Å². The molecule has 56 heavy (non-hydrogen) atoms. The number of esters is 2. The van der Waals surface area contributed by atoms with E-state index in [1.165, 1.54) is 77.0 Å². The topological polar surface area (TPSA) is 88.1 Å². The molecule has 0 N–H and O–H groups in total. The molecule has 0 aliphatic rings. The molecule has 0 bridgehead atoms. The average Bonchev–Trinajstić information content (AvgIpc) is 3.20. The van der Waals surface area contributed by atoms with Crippen molar-refractivity contribution < 1.29 is 33.3 Å². The van der Waals surface area contributed by atoms with Crippen LogP contribution in [0.5, 0.6) is 11.5 Å². The Morgan fingerprint density at radius 1 is 0.446 bits per heavy atom. The van der Waals surface area contributed by atoms with Crippen LogP contribution in [0.3, 0.4) is 0 Å². The Hall–Kier alpha value is -3.61. The number of ether oxygens (including phenoxy) is 4. The van der Waals surface area contributed by atoms with E-state index in [-0.39, 0.29) is 11.9 Å². The van der Waals surface area contributed by atoms with Gasteiger partial charge in [-0.25, -0.2) is 0 Å². The minimum atomic E-state index is -0.165. The van der Waals surface area contributed by atoms with Crippen LogP contribution in [-0.2, 0) is 19.1 Å². The molecule has 1 rings (SSSR count). The Morgan fingerprint density at radius 2 is 0.821 bits per heavy atom. The molecule has 7 heteroatoms. The maximum atomic E-state index is 12.1. The SMILES string of the molecule is CCCCC/C=C\C/C=C\CCCCCCCC(=O)OCCCOc1cc(C=O)cc(OCCCOC(=O)CCCCCCC/C=C\C/C=C\CCCCC)c1. The van der Waals surface area contributed by atoms with E-state index in [2.05, 4.69) is 62.5 Å². The van der Waals surface area contributed by atoms with Gasteiger partial charge in [0.2, 0.25) is 0 Å². The van der Waals surface area contributed by atoms with Crippen LogP contribution in [0.1, 0.15) is 191 Å². The van der Waals surface area contributed by atoms with E-state index in [1.54, 1.807) is 18.2 Å². The number of hydrogen-bond acceptors (Lipinski definition) is 7. The fourth-order valence-corrected chi connectivity index (χ4v) is 6.00. The normalized spacial score (nSPS) is 11.7. The molecule has 0 spiro atoms. The summed E-state index contributed by atoms with van der Waals surface area (Å²) in [5.74, 6) is 0.706. The van der Waals surface area contributed by atoms with Crippen molar-refractivity contribution in [1.82, 2.24) is 0 Å². The van der Waals surface area contributed by atoms with Gasteiger partial charge in [-0.3, -0.25) is 14.4 Å². The summed E-state index contributed by atoms with van der Waals surface area (Å²) >= 11 is 0. The lowest BCUT2D eigenvalue weighted by Crippen LogP contribution is -2.09. The molecular weight excluding hydrogens is 701 g/mol. The molecule has 7 nitrogen and oxygen atoms in total. The first-order chi connectivity index (χ1) is 27.6. The second kappa shape index (κ2) is 39.6. The Bertz CT molecular complexity index is 1130. The van der Waals surface area contributed by atoms with Crippen LogP contribution in [0, 0.1) is 0 Å². The van der Waals surface area contributed by atoms with Crippen molar-refractivity contribution in [2.45, 2.75) is 181 Å². The van der Waals surface area contributed by atoms with Crippen molar-refractivity contribution >= 4 is 18.2 Å². The average molecular weight is 779 g/mol. The predicted molar refractivity (Wildman–Crippen MR) is 233 cm³/mol. The van der Waals surface area contributed by atoms with Crippen molar-refractivity contribution in [2.24, 2.45) is 0 Å². The summed E-state index contributed by atoms with van der Waals surface area (Å²) in [4.78, 5) is 35.7. The number of allylic oxidation sites excluding steroid dienone is 8. The Labute approximate surface area is 341 Å². The fraction of sp³-hybridized carbons (Fsp3) is 0.653. The summed E-state index contributed by atoms with van der Waals surface area (Å²) in [6.07, 6.45) is 46.3. The second-order valence-electron chi connectivity index (χ2n) is 14.7. The van der Waals surface area contributed by atoms with E-state index in [0.29, 0.717) is 69.2 Å². The summed E-state index contributed by atoms with van der Waals surface area (Å²) < 4.78 is 22.4. The molecule has 0 atom stereocenters. The molecule has 0 amide bonds. The van der Waals surface area contributed by atoms with Crippen LogP contribution >= 0.6 is 0 Å². The van der Waals surface area contributed by atoms with Crippen molar-refractivity contribution in [3.8, 4) is 11.5 Å². The lowest BCUT2D eigenvalue weighted by molar-refractivity contribution is -0.144. The summed E-state index contributed by atoms with van der Waals surface area (Å²) in [6, 6.07) is 5.05. The zero-order chi connectivity index (χ0) is 40.4. The standard InChI is InChI=1S/C49H78O7/c1-3-5-7-9-11-13-15-17-19-21-23-25-27-29-31-35-48(51)55-39-33-37-53-46-41-45(44-50)42-47(43-46)54-38-34-40-56-49(52)36-32-30-28-26-24-22-20-18-16-14-12-10-8-6-4-2/h11-14,17-20,41-44H,3-10,15-16,21-40H2,1-2H3/b13-11-,14-12-,19-17-,20-18-. The van der Waals surface area contributed by atoms with Crippen molar-refractivity contribution in [3.63, 3.8) is 0 Å². The first-order valence-corrected chi connectivity index (χ1v) is 22.4. The third-order valence-electron chi connectivity index (χ3n) is 9.34. The highest BCUT2D eigenvalue weighted by molar-refractivity contribution is 5.76. The first kappa shape index (κ1) is 50.4.